The zero-order valence-electron chi connectivity index (χ0n) is 10.7. The van der Waals surface area contributed by atoms with Gasteiger partial charge in [0, 0.05) is 23.7 Å². The fraction of sp³-hybridized carbons (Fsp3) is 0.375. The van der Waals surface area contributed by atoms with E-state index in [2.05, 4.69) is 10.3 Å². The fourth-order valence-electron chi connectivity index (χ4n) is 3.39. The van der Waals surface area contributed by atoms with Gasteiger partial charge in [-0.25, -0.2) is 0 Å². The Labute approximate surface area is 112 Å². The van der Waals surface area contributed by atoms with Crippen molar-refractivity contribution < 1.29 is 4.79 Å². The third kappa shape index (κ3) is 1.89. The molecule has 0 bridgehead atoms. The maximum absolute atomic E-state index is 12.3. The molecule has 0 saturated heterocycles. The third-order valence-corrected chi connectivity index (χ3v) is 4.56. The molecule has 0 radical (unpaired) electrons. The maximum atomic E-state index is 12.3. The van der Waals surface area contributed by atoms with E-state index in [4.69, 9.17) is 0 Å². The van der Waals surface area contributed by atoms with Gasteiger partial charge in [-0.15, -0.1) is 0 Å². The van der Waals surface area contributed by atoms with Gasteiger partial charge >= 0.3 is 0 Å². The Kier molecular flexibility index (Phi) is 2.34. The van der Waals surface area contributed by atoms with Gasteiger partial charge in [0.1, 0.15) is 0 Å². The molecule has 96 valence electrons. The van der Waals surface area contributed by atoms with Crippen LogP contribution in [0.1, 0.15) is 19.3 Å². The molecule has 2 aliphatic carbocycles. The highest BCUT2D eigenvalue weighted by atomic mass is 16.1. The Morgan fingerprint density at radius 2 is 2.00 bits per heavy atom. The van der Waals surface area contributed by atoms with Gasteiger partial charge in [-0.1, -0.05) is 12.1 Å². The standard InChI is InChI=1S/C16H16N2O/c19-16(13-7-11-6-12(11)8-13)18-15-3-1-2-10-4-5-17-9-14(10)15/h1-5,9,11-13H,6-8H2,(H,18,19). The van der Waals surface area contributed by atoms with Crippen LogP contribution in [0.25, 0.3) is 10.8 Å². The fourth-order valence-corrected chi connectivity index (χ4v) is 3.39. The SMILES string of the molecule is O=C(Nc1cccc2ccncc12)C1CC2CC2C1. The van der Waals surface area contributed by atoms with Crippen LogP contribution in [0.5, 0.6) is 0 Å². The van der Waals surface area contributed by atoms with Crippen LogP contribution in [-0.2, 0) is 4.79 Å². The summed E-state index contributed by atoms with van der Waals surface area (Å²) in [5.41, 5.74) is 0.885. The Balaban J connectivity index is 1.59. The van der Waals surface area contributed by atoms with Crippen molar-refractivity contribution in [3.05, 3.63) is 36.7 Å². The Morgan fingerprint density at radius 1 is 1.16 bits per heavy atom. The molecule has 1 heterocycles. The Bertz CT molecular complexity index is 637. The highest BCUT2D eigenvalue weighted by Gasteiger charge is 2.47. The average Bonchev–Trinajstić information content (AvgIpc) is 3.05. The zero-order chi connectivity index (χ0) is 12.8. The van der Waals surface area contributed by atoms with Crippen molar-refractivity contribution in [2.75, 3.05) is 5.32 Å². The lowest BCUT2D eigenvalue weighted by Gasteiger charge is -2.13. The van der Waals surface area contributed by atoms with Gasteiger partial charge in [0.25, 0.3) is 0 Å². The molecule has 2 saturated carbocycles. The van der Waals surface area contributed by atoms with Gasteiger partial charge < -0.3 is 5.32 Å². The summed E-state index contributed by atoms with van der Waals surface area (Å²) in [6.45, 7) is 0. The first kappa shape index (κ1) is 11.0. The van der Waals surface area contributed by atoms with Crippen LogP contribution in [0.4, 0.5) is 5.69 Å². The number of hydrogen-bond acceptors (Lipinski definition) is 2. The van der Waals surface area contributed by atoms with Crippen molar-refractivity contribution in [2.24, 2.45) is 17.8 Å². The number of nitrogens with one attached hydrogen (secondary N) is 1. The van der Waals surface area contributed by atoms with Gasteiger partial charge in [0.05, 0.1) is 5.69 Å². The van der Waals surface area contributed by atoms with Gasteiger partial charge in [-0.05, 0) is 48.6 Å². The van der Waals surface area contributed by atoms with E-state index in [-0.39, 0.29) is 11.8 Å². The minimum absolute atomic E-state index is 0.184. The first-order valence-corrected chi connectivity index (χ1v) is 6.95. The summed E-state index contributed by atoms with van der Waals surface area (Å²) < 4.78 is 0. The van der Waals surface area contributed by atoms with E-state index < -0.39 is 0 Å². The van der Waals surface area contributed by atoms with E-state index in [1.54, 1.807) is 6.20 Å². The molecular formula is C16H16N2O. The third-order valence-electron chi connectivity index (χ3n) is 4.56. The molecule has 2 aliphatic rings. The molecule has 2 aromatic rings. The Hall–Kier alpha value is -1.90. The van der Waals surface area contributed by atoms with Crippen molar-refractivity contribution in [1.82, 2.24) is 4.98 Å². The number of nitrogens with zero attached hydrogens (tertiary/aromatic N) is 1. The van der Waals surface area contributed by atoms with Gasteiger partial charge in [0.15, 0.2) is 0 Å². The van der Waals surface area contributed by atoms with Crippen LogP contribution in [-0.4, -0.2) is 10.9 Å². The molecule has 19 heavy (non-hydrogen) atoms. The van der Waals surface area contributed by atoms with Crippen LogP contribution in [0.3, 0.4) is 0 Å². The second kappa shape index (κ2) is 4.05. The minimum atomic E-state index is 0.184. The van der Waals surface area contributed by atoms with Crippen LogP contribution in [0, 0.1) is 17.8 Å². The minimum Gasteiger partial charge on any atom is -0.325 e. The van der Waals surface area contributed by atoms with E-state index in [1.807, 2.05) is 30.5 Å². The summed E-state index contributed by atoms with van der Waals surface area (Å²) in [7, 11) is 0. The highest BCUT2D eigenvalue weighted by Crippen LogP contribution is 2.54. The normalized spacial score (nSPS) is 28.1. The monoisotopic (exact) mass is 252 g/mol. The lowest BCUT2D eigenvalue weighted by Crippen LogP contribution is -2.21. The molecule has 0 aliphatic heterocycles. The van der Waals surface area contributed by atoms with Crippen molar-refractivity contribution >= 4 is 22.4 Å². The van der Waals surface area contributed by atoms with Crippen molar-refractivity contribution in [3.63, 3.8) is 0 Å². The van der Waals surface area contributed by atoms with E-state index in [0.717, 1.165) is 41.1 Å². The van der Waals surface area contributed by atoms with Crippen molar-refractivity contribution in [2.45, 2.75) is 19.3 Å². The van der Waals surface area contributed by atoms with Crippen LogP contribution < -0.4 is 5.32 Å². The number of carbonyl (C=O) groups is 1. The van der Waals surface area contributed by atoms with Gasteiger partial charge in [-0.3, -0.25) is 9.78 Å². The molecule has 0 spiro atoms. The van der Waals surface area contributed by atoms with Crippen LogP contribution in [0.15, 0.2) is 36.7 Å². The predicted octanol–water partition coefficient (Wildman–Crippen LogP) is 3.22. The quantitative estimate of drug-likeness (QED) is 0.891. The van der Waals surface area contributed by atoms with Gasteiger partial charge in [-0.2, -0.15) is 0 Å². The molecule has 4 rings (SSSR count). The van der Waals surface area contributed by atoms with Crippen LogP contribution >= 0.6 is 0 Å². The molecule has 1 amide bonds. The van der Waals surface area contributed by atoms with E-state index in [0.29, 0.717) is 0 Å². The lowest BCUT2D eigenvalue weighted by atomic mass is 10.0. The molecule has 3 nitrogen and oxygen atoms in total. The summed E-state index contributed by atoms with van der Waals surface area (Å²) in [5, 5.41) is 5.22. The summed E-state index contributed by atoms with van der Waals surface area (Å²) >= 11 is 0. The first-order valence-electron chi connectivity index (χ1n) is 6.95. The zero-order valence-corrected chi connectivity index (χ0v) is 10.7. The first-order chi connectivity index (χ1) is 9.31. The molecule has 1 aromatic heterocycles. The summed E-state index contributed by atoms with van der Waals surface area (Å²) in [6, 6.07) is 7.94. The number of pyridine rings is 1. The molecule has 2 fully saturated rings. The van der Waals surface area contributed by atoms with Crippen LogP contribution in [0.2, 0.25) is 0 Å². The maximum Gasteiger partial charge on any atom is 0.227 e. The number of rotatable bonds is 2. The molecule has 2 unspecified atom stereocenters. The highest BCUT2D eigenvalue weighted by molar-refractivity contribution is 6.02. The van der Waals surface area contributed by atoms with Crippen molar-refractivity contribution in [1.29, 1.82) is 0 Å². The molecule has 2 atom stereocenters. The van der Waals surface area contributed by atoms with Crippen molar-refractivity contribution in [3.8, 4) is 0 Å². The second-order valence-corrected chi connectivity index (χ2v) is 5.82. The summed E-state index contributed by atoms with van der Waals surface area (Å²) in [5.74, 6) is 2.08. The molecule has 1 aromatic carbocycles. The topological polar surface area (TPSA) is 42.0 Å². The largest absolute Gasteiger partial charge is 0.325 e. The predicted molar refractivity (Wildman–Crippen MR) is 74.7 cm³/mol. The number of fused-ring (bicyclic) bond motifs is 2. The number of carbonyl (C=O) groups excluding carboxylic acids is 1. The number of hydrogen-bond donors (Lipinski definition) is 1. The molecule has 1 N–H and O–H groups in total. The smallest absolute Gasteiger partial charge is 0.227 e. The number of anilines is 1. The number of amides is 1. The van der Waals surface area contributed by atoms with E-state index in [1.165, 1.54) is 6.42 Å². The number of aromatic nitrogens is 1. The Morgan fingerprint density at radius 3 is 2.84 bits per heavy atom. The summed E-state index contributed by atoms with van der Waals surface area (Å²) in [4.78, 5) is 16.4. The number of benzene rings is 1. The van der Waals surface area contributed by atoms with E-state index >= 15 is 0 Å². The molecular weight excluding hydrogens is 236 g/mol. The van der Waals surface area contributed by atoms with Gasteiger partial charge in [0.2, 0.25) is 5.91 Å². The average molecular weight is 252 g/mol. The van der Waals surface area contributed by atoms with E-state index in [9.17, 15) is 4.79 Å². The molecule has 3 heteroatoms. The summed E-state index contributed by atoms with van der Waals surface area (Å²) in [6.07, 6.45) is 7.11. The lowest BCUT2D eigenvalue weighted by molar-refractivity contribution is -0.119. The second-order valence-electron chi connectivity index (χ2n) is 5.82.